The molecule has 1 aromatic heterocycles. The molecular formula is C17H15Cl2N3Zr. The maximum absolute atomic E-state index is 3.80. The summed E-state index contributed by atoms with van der Waals surface area (Å²) in [4.78, 5) is 0. The Morgan fingerprint density at radius 2 is 1.78 bits per heavy atom. The van der Waals surface area contributed by atoms with Crippen LogP contribution in [0.15, 0.2) is 66.8 Å². The van der Waals surface area contributed by atoms with Gasteiger partial charge in [-0.1, -0.05) is 42.0 Å². The summed E-state index contributed by atoms with van der Waals surface area (Å²) in [6.07, 6.45) is 11.8. The van der Waals surface area contributed by atoms with Crippen LogP contribution >= 0.6 is 0 Å². The molecule has 0 radical (unpaired) electrons. The molecule has 0 saturated heterocycles. The summed E-state index contributed by atoms with van der Waals surface area (Å²) in [5, 5.41) is 10.1. The summed E-state index contributed by atoms with van der Waals surface area (Å²) in [5.41, 5.74) is 2.40. The van der Waals surface area contributed by atoms with Gasteiger partial charge in [0.15, 0.2) is 0 Å². The molecule has 1 aliphatic carbocycles. The van der Waals surface area contributed by atoms with Crippen molar-refractivity contribution in [2.24, 2.45) is 0 Å². The van der Waals surface area contributed by atoms with Crippen LogP contribution in [0.5, 0.6) is 0 Å². The molecule has 23 heavy (non-hydrogen) atoms. The molecule has 3 nitrogen and oxygen atoms in total. The van der Waals surface area contributed by atoms with Crippen LogP contribution in [0.4, 0.5) is 0 Å². The molecule has 0 unspecified atom stereocenters. The Kier molecular flexibility index (Phi) is 10.1. The summed E-state index contributed by atoms with van der Waals surface area (Å²) < 4.78 is 1.92. The molecule has 0 N–H and O–H groups in total. The SMILES string of the molecule is CC1=[C-]CC=C1.[Cl-].[Cl-].[Zr+4].c1ccc2c(c1)cc[c-]2-n1cnnc1. The third-order valence-corrected chi connectivity index (χ3v) is 3.22. The molecule has 3 aromatic rings. The number of aromatic nitrogens is 3. The van der Waals surface area contributed by atoms with Crippen LogP contribution in [-0.2, 0) is 26.2 Å². The second-order valence-corrected chi connectivity index (χ2v) is 4.64. The van der Waals surface area contributed by atoms with Gasteiger partial charge < -0.3 is 29.4 Å². The molecule has 1 aliphatic rings. The van der Waals surface area contributed by atoms with E-state index >= 15 is 0 Å². The molecule has 2 aromatic carbocycles. The monoisotopic (exact) mass is 421 g/mol. The molecule has 6 heteroatoms. The standard InChI is InChI=1S/C11H8N3.C6H7.2ClH.Zr/c1-2-4-10-9(3-1)5-6-11(10)14-7-12-13-8-14;1-6-4-2-3-5-6;;;/h1-8H;2,4H,3H2,1H3;2*1H;/q2*-1;;;+4/p-2. The van der Waals surface area contributed by atoms with Crippen molar-refractivity contribution in [1.29, 1.82) is 0 Å². The second kappa shape index (κ2) is 10.6. The van der Waals surface area contributed by atoms with Crippen LogP contribution in [0, 0.1) is 6.08 Å². The Morgan fingerprint density at radius 3 is 2.35 bits per heavy atom. The van der Waals surface area contributed by atoms with Crippen LogP contribution in [0.1, 0.15) is 13.3 Å². The van der Waals surface area contributed by atoms with E-state index in [1.54, 1.807) is 12.7 Å². The van der Waals surface area contributed by atoms with Gasteiger partial charge in [-0.15, -0.1) is 18.6 Å². The van der Waals surface area contributed by atoms with Gasteiger partial charge in [0.05, 0.1) is 12.7 Å². The topological polar surface area (TPSA) is 30.7 Å². The van der Waals surface area contributed by atoms with Crippen molar-refractivity contribution >= 4 is 10.8 Å². The first kappa shape index (κ1) is 21.9. The Bertz CT molecular complexity index is 758. The summed E-state index contributed by atoms with van der Waals surface area (Å²) in [5.74, 6) is 0. The van der Waals surface area contributed by atoms with Crippen molar-refractivity contribution in [3.8, 4) is 5.69 Å². The van der Waals surface area contributed by atoms with Crippen LogP contribution in [0.2, 0.25) is 0 Å². The van der Waals surface area contributed by atoms with Gasteiger partial charge in [-0.05, 0) is 5.69 Å². The van der Waals surface area contributed by atoms with Crippen molar-refractivity contribution < 1.29 is 51.0 Å². The van der Waals surface area contributed by atoms with E-state index in [1.165, 1.54) is 16.3 Å². The van der Waals surface area contributed by atoms with Crippen molar-refractivity contribution in [2.75, 3.05) is 0 Å². The molecule has 0 bridgehead atoms. The number of hydrogen-bond acceptors (Lipinski definition) is 2. The predicted molar refractivity (Wildman–Crippen MR) is 80.6 cm³/mol. The van der Waals surface area contributed by atoms with Crippen LogP contribution in [-0.4, -0.2) is 14.8 Å². The fourth-order valence-corrected chi connectivity index (χ4v) is 2.20. The second-order valence-electron chi connectivity index (χ2n) is 4.64. The summed E-state index contributed by atoms with van der Waals surface area (Å²) in [7, 11) is 0. The maximum atomic E-state index is 3.80. The molecule has 116 valence electrons. The average molecular weight is 423 g/mol. The van der Waals surface area contributed by atoms with Crippen molar-refractivity contribution in [2.45, 2.75) is 13.3 Å². The molecule has 0 amide bonds. The Balaban J connectivity index is 0.000000469. The number of rotatable bonds is 1. The van der Waals surface area contributed by atoms with Gasteiger partial charge in [0.2, 0.25) is 0 Å². The first-order valence-corrected chi connectivity index (χ1v) is 6.58. The summed E-state index contributed by atoms with van der Waals surface area (Å²) in [6.45, 7) is 2.06. The fraction of sp³-hybridized carbons (Fsp3) is 0.118. The third kappa shape index (κ3) is 5.49. The van der Waals surface area contributed by atoms with E-state index in [-0.39, 0.29) is 51.0 Å². The smallest absolute Gasteiger partial charge is 1.00 e. The van der Waals surface area contributed by atoms with Crippen LogP contribution < -0.4 is 24.8 Å². The van der Waals surface area contributed by atoms with Gasteiger partial charge >= 0.3 is 26.2 Å². The molecule has 1 heterocycles. The molecule has 4 rings (SSSR count). The number of hydrogen-bond donors (Lipinski definition) is 0. The van der Waals surface area contributed by atoms with E-state index in [9.17, 15) is 0 Å². The van der Waals surface area contributed by atoms with E-state index < -0.39 is 0 Å². The zero-order valence-corrected chi connectivity index (χ0v) is 16.5. The third-order valence-electron chi connectivity index (χ3n) is 3.22. The minimum Gasteiger partial charge on any atom is -1.00 e. The summed E-state index contributed by atoms with van der Waals surface area (Å²) in [6, 6.07) is 12.5. The summed E-state index contributed by atoms with van der Waals surface area (Å²) >= 11 is 0. The first-order valence-electron chi connectivity index (χ1n) is 6.58. The fourth-order valence-electron chi connectivity index (χ4n) is 2.20. The normalized spacial score (nSPS) is 11.4. The van der Waals surface area contributed by atoms with E-state index in [0.717, 1.165) is 12.1 Å². The van der Waals surface area contributed by atoms with E-state index in [2.05, 4.69) is 59.6 Å². The van der Waals surface area contributed by atoms with Crippen LogP contribution in [0.25, 0.3) is 16.5 Å². The minimum absolute atomic E-state index is 0. The van der Waals surface area contributed by atoms with Gasteiger partial charge in [-0.25, -0.2) is 11.6 Å². The Morgan fingerprint density at radius 1 is 1.09 bits per heavy atom. The van der Waals surface area contributed by atoms with Gasteiger partial charge in [0, 0.05) is 0 Å². The van der Waals surface area contributed by atoms with E-state index in [1.807, 2.05) is 16.7 Å². The van der Waals surface area contributed by atoms with Crippen LogP contribution in [0.3, 0.4) is 0 Å². The molecule has 0 fully saturated rings. The number of nitrogens with zero attached hydrogens (tertiary/aromatic N) is 3. The minimum atomic E-state index is 0. The van der Waals surface area contributed by atoms with Crippen molar-refractivity contribution in [3.63, 3.8) is 0 Å². The molecule has 0 atom stereocenters. The first-order chi connectivity index (χ1) is 9.84. The molecule has 0 spiro atoms. The number of halogens is 2. The zero-order chi connectivity index (χ0) is 13.8. The Hall–Kier alpha value is -1.09. The molecule has 0 aliphatic heterocycles. The quantitative estimate of drug-likeness (QED) is 0.418. The average Bonchev–Trinajstić information content (AvgIpc) is 3.19. The van der Waals surface area contributed by atoms with Gasteiger partial charge in [0.25, 0.3) is 0 Å². The number of fused-ring (bicyclic) bond motifs is 1. The van der Waals surface area contributed by atoms with Gasteiger partial charge in [0.1, 0.15) is 0 Å². The molecule has 0 saturated carbocycles. The maximum Gasteiger partial charge on any atom is 4.00 e. The van der Waals surface area contributed by atoms with Gasteiger partial charge in [-0.2, -0.15) is 16.3 Å². The number of allylic oxidation sites excluding steroid dienone is 4. The largest absolute Gasteiger partial charge is 4.00 e. The Labute approximate surface area is 167 Å². The van der Waals surface area contributed by atoms with E-state index in [4.69, 9.17) is 0 Å². The van der Waals surface area contributed by atoms with Crippen molar-refractivity contribution in [3.05, 3.63) is 72.9 Å². The number of benzene rings is 1. The molecular weight excluding hydrogens is 408 g/mol. The zero-order valence-electron chi connectivity index (χ0n) is 12.6. The van der Waals surface area contributed by atoms with E-state index in [0.29, 0.717) is 0 Å². The van der Waals surface area contributed by atoms with Gasteiger partial charge in [-0.3, -0.25) is 6.08 Å². The van der Waals surface area contributed by atoms with Crippen molar-refractivity contribution in [1.82, 2.24) is 14.8 Å². The predicted octanol–water partition coefficient (Wildman–Crippen LogP) is -2.16.